The predicted octanol–water partition coefficient (Wildman–Crippen LogP) is 3.08. The van der Waals surface area contributed by atoms with Gasteiger partial charge in [-0.05, 0) is 31.0 Å². The van der Waals surface area contributed by atoms with E-state index in [1.54, 1.807) is 6.07 Å². The Morgan fingerprint density at radius 2 is 1.76 bits per heavy atom. The molecule has 0 N–H and O–H groups in total. The van der Waals surface area contributed by atoms with Crippen LogP contribution < -0.4 is 9.47 Å². The third-order valence-electron chi connectivity index (χ3n) is 2.81. The van der Waals surface area contributed by atoms with Gasteiger partial charge in [0.25, 0.3) is 0 Å². The topological polar surface area (TPSA) is 35.5 Å². The normalized spacial score (nSPS) is 15.2. The minimum Gasteiger partial charge on any atom is -0.490 e. The number of ether oxygens (including phenoxy) is 2. The summed E-state index contributed by atoms with van der Waals surface area (Å²) in [6.07, 6.45) is 1.99. The molecule has 0 fully saturated rings. The van der Waals surface area contributed by atoms with Gasteiger partial charge < -0.3 is 9.47 Å². The molecule has 1 aliphatic heterocycles. The van der Waals surface area contributed by atoms with E-state index < -0.39 is 0 Å². The molecule has 1 heterocycles. The lowest BCUT2D eigenvalue weighted by Crippen LogP contribution is -2.11. The number of fused-ring (bicyclic) bond motifs is 1. The maximum absolute atomic E-state index is 11.9. The molecule has 0 radical (unpaired) electrons. The minimum absolute atomic E-state index is 0.00234. The lowest BCUT2D eigenvalue weighted by molar-refractivity contribution is 0.0938. The van der Waals surface area contributed by atoms with Gasteiger partial charge in [-0.2, -0.15) is 0 Å². The van der Waals surface area contributed by atoms with Crippen molar-refractivity contribution < 1.29 is 14.3 Å². The number of carbonyl (C=O) groups is 1. The van der Waals surface area contributed by atoms with Gasteiger partial charge in [0.05, 0.1) is 13.2 Å². The highest BCUT2D eigenvalue weighted by atomic mass is 16.5. The quantitative estimate of drug-likeness (QED) is 0.738. The highest BCUT2D eigenvalue weighted by Crippen LogP contribution is 2.30. The average Bonchev–Trinajstić information content (AvgIpc) is 2.28. The molecule has 92 valence electrons. The molecule has 0 amide bonds. The number of carbonyl (C=O) groups excluding carboxylic acids is 1. The number of Topliss-reactive ketones (excluding diaryl/α,β-unsaturated/α-hetero) is 1. The van der Waals surface area contributed by atoms with Crippen LogP contribution in [0.25, 0.3) is 0 Å². The Labute approximate surface area is 102 Å². The van der Waals surface area contributed by atoms with E-state index in [1.807, 2.05) is 26.0 Å². The van der Waals surface area contributed by atoms with Gasteiger partial charge in [0.2, 0.25) is 0 Å². The van der Waals surface area contributed by atoms with Crippen LogP contribution in [0.1, 0.15) is 37.0 Å². The highest BCUT2D eigenvalue weighted by Gasteiger charge is 2.15. The summed E-state index contributed by atoms with van der Waals surface area (Å²) in [4.78, 5) is 11.9. The molecule has 0 unspecified atom stereocenters. The summed E-state index contributed by atoms with van der Waals surface area (Å²) < 4.78 is 11.2. The molecule has 0 bridgehead atoms. The van der Waals surface area contributed by atoms with Gasteiger partial charge in [0.15, 0.2) is 17.3 Å². The fourth-order valence-corrected chi connectivity index (χ4v) is 1.80. The number of benzene rings is 1. The van der Waals surface area contributed by atoms with Crippen LogP contribution in [-0.4, -0.2) is 19.0 Å². The molecule has 2 rings (SSSR count). The van der Waals surface area contributed by atoms with E-state index in [2.05, 4.69) is 0 Å². The predicted molar refractivity (Wildman–Crippen MR) is 65.8 cm³/mol. The Hall–Kier alpha value is -1.51. The Kier molecular flexibility index (Phi) is 3.67. The second-order valence-corrected chi connectivity index (χ2v) is 4.58. The van der Waals surface area contributed by atoms with Crippen molar-refractivity contribution in [1.82, 2.24) is 0 Å². The number of hydrogen-bond donors (Lipinski definition) is 0. The molecule has 3 nitrogen and oxygen atoms in total. The van der Waals surface area contributed by atoms with Crippen molar-refractivity contribution in [2.75, 3.05) is 13.2 Å². The summed E-state index contributed by atoms with van der Waals surface area (Å²) in [6, 6.07) is 5.44. The first kappa shape index (κ1) is 12.0. The molecule has 0 saturated carbocycles. The zero-order valence-corrected chi connectivity index (χ0v) is 10.4. The van der Waals surface area contributed by atoms with E-state index in [0.29, 0.717) is 24.5 Å². The van der Waals surface area contributed by atoms with Crippen LogP contribution in [-0.2, 0) is 0 Å². The Balaban J connectivity index is 2.28. The number of rotatable bonds is 2. The van der Waals surface area contributed by atoms with Crippen LogP contribution in [0.4, 0.5) is 0 Å². The molecule has 0 atom stereocenters. The van der Waals surface area contributed by atoms with Crippen LogP contribution in [0.5, 0.6) is 11.5 Å². The molecule has 0 saturated heterocycles. The second kappa shape index (κ2) is 5.21. The molecule has 0 spiro atoms. The zero-order chi connectivity index (χ0) is 12.3. The van der Waals surface area contributed by atoms with Gasteiger partial charge in [-0.25, -0.2) is 0 Å². The number of ketones is 1. The lowest BCUT2D eigenvalue weighted by atomic mass is 10.0. The van der Waals surface area contributed by atoms with E-state index >= 15 is 0 Å². The molecule has 17 heavy (non-hydrogen) atoms. The first-order chi connectivity index (χ1) is 8.18. The fourth-order valence-electron chi connectivity index (χ4n) is 1.80. The highest BCUT2D eigenvalue weighted by molar-refractivity contribution is 5.98. The molecule has 1 aromatic carbocycles. The Morgan fingerprint density at radius 3 is 2.41 bits per heavy atom. The van der Waals surface area contributed by atoms with E-state index in [4.69, 9.17) is 9.47 Å². The van der Waals surface area contributed by atoms with Crippen molar-refractivity contribution in [1.29, 1.82) is 0 Å². The molecular weight excluding hydrogens is 216 g/mol. The summed E-state index contributed by atoms with van der Waals surface area (Å²) >= 11 is 0. The molecule has 0 aliphatic carbocycles. The van der Waals surface area contributed by atoms with Crippen molar-refractivity contribution >= 4 is 5.78 Å². The Bertz CT molecular complexity index is 410. The SMILES string of the molecule is CC(C)C(=O)c1ccc2c(c1)OCCCCO2. The standard InChI is InChI=1S/C14H18O3/c1-10(2)14(15)11-5-6-12-13(9-11)17-8-4-3-7-16-12/h5-6,9-10H,3-4,7-8H2,1-2H3. The molecular formula is C14H18O3. The third-order valence-corrected chi connectivity index (χ3v) is 2.81. The van der Waals surface area contributed by atoms with Gasteiger partial charge >= 0.3 is 0 Å². The van der Waals surface area contributed by atoms with Gasteiger partial charge in [-0.3, -0.25) is 4.79 Å². The van der Waals surface area contributed by atoms with Gasteiger partial charge in [0, 0.05) is 11.5 Å². The first-order valence-electron chi connectivity index (χ1n) is 6.12. The van der Waals surface area contributed by atoms with E-state index in [0.717, 1.165) is 18.6 Å². The summed E-state index contributed by atoms with van der Waals surface area (Å²) in [6.45, 7) is 5.20. The molecule has 0 aromatic heterocycles. The smallest absolute Gasteiger partial charge is 0.165 e. The van der Waals surface area contributed by atoms with Crippen LogP contribution >= 0.6 is 0 Å². The van der Waals surface area contributed by atoms with Crippen molar-refractivity contribution in [3.63, 3.8) is 0 Å². The van der Waals surface area contributed by atoms with Gasteiger partial charge in [0.1, 0.15) is 0 Å². The van der Waals surface area contributed by atoms with Crippen LogP contribution in [0, 0.1) is 5.92 Å². The summed E-state index contributed by atoms with van der Waals surface area (Å²) in [5.41, 5.74) is 0.697. The zero-order valence-electron chi connectivity index (χ0n) is 10.4. The van der Waals surface area contributed by atoms with Crippen LogP contribution in [0.3, 0.4) is 0 Å². The van der Waals surface area contributed by atoms with Crippen molar-refractivity contribution in [2.45, 2.75) is 26.7 Å². The average molecular weight is 234 g/mol. The fraction of sp³-hybridized carbons (Fsp3) is 0.500. The Morgan fingerprint density at radius 1 is 1.12 bits per heavy atom. The third kappa shape index (κ3) is 2.78. The molecule has 3 heteroatoms. The van der Waals surface area contributed by atoms with Crippen molar-refractivity contribution in [3.05, 3.63) is 23.8 Å². The largest absolute Gasteiger partial charge is 0.490 e. The van der Waals surface area contributed by atoms with E-state index in [9.17, 15) is 4.79 Å². The lowest BCUT2D eigenvalue weighted by Gasteiger charge is -2.17. The summed E-state index contributed by atoms with van der Waals surface area (Å²) in [5, 5.41) is 0. The van der Waals surface area contributed by atoms with E-state index in [-0.39, 0.29) is 11.7 Å². The van der Waals surface area contributed by atoms with Gasteiger partial charge in [-0.15, -0.1) is 0 Å². The minimum atomic E-state index is 0.00234. The van der Waals surface area contributed by atoms with E-state index in [1.165, 1.54) is 0 Å². The summed E-state index contributed by atoms with van der Waals surface area (Å²) in [7, 11) is 0. The van der Waals surface area contributed by atoms with Crippen LogP contribution in [0.2, 0.25) is 0 Å². The maximum Gasteiger partial charge on any atom is 0.165 e. The van der Waals surface area contributed by atoms with Crippen molar-refractivity contribution in [2.24, 2.45) is 5.92 Å². The molecule has 1 aliphatic rings. The summed E-state index contributed by atoms with van der Waals surface area (Å²) in [5.74, 6) is 1.57. The van der Waals surface area contributed by atoms with Crippen molar-refractivity contribution in [3.8, 4) is 11.5 Å². The first-order valence-corrected chi connectivity index (χ1v) is 6.12. The monoisotopic (exact) mass is 234 g/mol. The molecule has 1 aromatic rings. The second-order valence-electron chi connectivity index (χ2n) is 4.58. The maximum atomic E-state index is 11.9. The van der Waals surface area contributed by atoms with Gasteiger partial charge in [-0.1, -0.05) is 13.8 Å². The van der Waals surface area contributed by atoms with Crippen LogP contribution in [0.15, 0.2) is 18.2 Å². The number of hydrogen-bond acceptors (Lipinski definition) is 3.